The van der Waals surface area contributed by atoms with Gasteiger partial charge in [-0.2, -0.15) is 5.10 Å². The maximum atomic E-state index is 12.3. The minimum Gasteiger partial charge on any atom is -0.338 e. The lowest BCUT2D eigenvalue weighted by atomic mass is 9.92. The molecule has 0 aromatic carbocycles. The number of rotatable bonds is 5. The molecule has 1 saturated carbocycles. The summed E-state index contributed by atoms with van der Waals surface area (Å²) in [7, 11) is 0. The average molecular weight is 378 g/mol. The Morgan fingerprint density at radius 2 is 1.74 bits per heavy atom. The third kappa shape index (κ3) is 6.26. The van der Waals surface area contributed by atoms with Crippen LogP contribution >= 0.6 is 0 Å². The zero-order valence-corrected chi connectivity index (χ0v) is 17.6. The van der Waals surface area contributed by atoms with Crippen molar-refractivity contribution in [3.05, 3.63) is 11.8 Å². The Balaban J connectivity index is 1.90. The highest BCUT2D eigenvalue weighted by Gasteiger charge is 2.25. The summed E-state index contributed by atoms with van der Waals surface area (Å²) < 4.78 is 1.83. The van der Waals surface area contributed by atoms with Gasteiger partial charge in [-0.05, 0) is 39.5 Å². The van der Waals surface area contributed by atoms with E-state index in [2.05, 4.69) is 41.8 Å². The number of urea groups is 1. The van der Waals surface area contributed by atoms with E-state index in [1.54, 1.807) is 0 Å². The molecule has 0 unspecified atom stereocenters. The van der Waals surface area contributed by atoms with Crippen LogP contribution in [0, 0.1) is 5.92 Å². The van der Waals surface area contributed by atoms with Gasteiger partial charge in [0.05, 0.1) is 17.8 Å². The molecule has 1 fully saturated rings. The van der Waals surface area contributed by atoms with Gasteiger partial charge in [-0.3, -0.25) is 4.79 Å². The number of nitrogens with zero attached hydrogens (tertiary/aromatic N) is 2. The fourth-order valence-electron chi connectivity index (χ4n) is 3.21. The summed E-state index contributed by atoms with van der Waals surface area (Å²) in [6.45, 7) is 13.0. The lowest BCUT2D eigenvalue weighted by Gasteiger charge is -2.23. The number of amides is 3. The Bertz CT molecular complexity index is 661. The highest BCUT2D eigenvalue weighted by molar-refractivity contribution is 5.93. The maximum Gasteiger partial charge on any atom is 0.315 e. The van der Waals surface area contributed by atoms with Crippen molar-refractivity contribution in [3.8, 4) is 0 Å². The largest absolute Gasteiger partial charge is 0.338 e. The van der Waals surface area contributed by atoms with Crippen molar-refractivity contribution in [2.75, 3.05) is 18.4 Å². The first kappa shape index (κ1) is 21.3. The van der Waals surface area contributed by atoms with E-state index < -0.39 is 0 Å². The molecule has 0 radical (unpaired) electrons. The van der Waals surface area contributed by atoms with Crippen LogP contribution in [0.2, 0.25) is 0 Å². The van der Waals surface area contributed by atoms with E-state index in [-0.39, 0.29) is 29.4 Å². The van der Waals surface area contributed by atoms with E-state index >= 15 is 0 Å². The minimum absolute atomic E-state index is 0.0727. The van der Waals surface area contributed by atoms with Crippen molar-refractivity contribution in [1.29, 1.82) is 0 Å². The molecule has 7 nitrogen and oxygen atoms in total. The van der Waals surface area contributed by atoms with Crippen LogP contribution < -0.4 is 16.0 Å². The second kappa shape index (κ2) is 8.31. The van der Waals surface area contributed by atoms with Crippen molar-refractivity contribution in [2.45, 2.75) is 78.2 Å². The molecule has 2 rings (SSSR count). The van der Waals surface area contributed by atoms with Crippen molar-refractivity contribution in [3.63, 3.8) is 0 Å². The van der Waals surface area contributed by atoms with Gasteiger partial charge < -0.3 is 16.0 Å². The standard InChI is InChI=1S/C20H35N5O2/c1-19(2,3)15-11-16(25(24-15)20(4,5)6)23-17(26)13-22-18(27)21-12-14-9-7-8-10-14/h11,14H,7-10,12-13H2,1-6H3,(H,23,26)(H2,21,22,27). The zero-order valence-electron chi connectivity index (χ0n) is 17.6. The summed E-state index contributed by atoms with van der Waals surface area (Å²) in [6, 6.07) is 1.61. The zero-order chi connectivity index (χ0) is 20.2. The predicted molar refractivity (Wildman–Crippen MR) is 108 cm³/mol. The molecule has 0 spiro atoms. The molecule has 0 bridgehead atoms. The molecule has 3 amide bonds. The number of carbonyl (C=O) groups is 2. The number of nitrogens with one attached hydrogen (secondary N) is 3. The number of aromatic nitrogens is 2. The lowest BCUT2D eigenvalue weighted by molar-refractivity contribution is -0.115. The van der Waals surface area contributed by atoms with Gasteiger partial charge in [-0.15, -0.1) is 0 Å². The van der Waals surface area contributed by atoms with Gasteiger partial charge >= 0.3 is 6.03 Å². The van der Waals surface area contributed by atoms with Crippen LogP contribution in [0.15, 0.2) is 6.07 Å². The number of hydrogen-bond acceptors (Lipinski definition) is 3. The summed E-state index contributed by atoms with van der Waals surface area (Å²) in [6.07, 6.45) is 4.84. The topological polar surface area (TPSA) is 88.0 Å². The van der Waals surface area contributed by atoms with Gasteiger partial charge in [0.1, 0.15) is 5.82 Å². The monoisotopic (exact) mass is 377 g/mol. The summed E-state index contributed by atoms with van der Waals surface area (Å²) in [5.41, 5.74) is 0.530. The first-order valence-corrected chi connectivity index (χ1v) is 9.89. The summed E-state index contributed by atoms with van der Waals surface area (Å²) >= 11 is 0. The second-order valence-electron chi connectivity index (χ2n) is 9.51. The highest BCUT2D eigenvalue weighted by Crippen LogP contribution is 2.28. The van der Waals surface area contributed by atoms with Crippen LogP contribution in [0.4, 0.5) is 10.6 Å². The molecule has 152 valence electrons. The first-order valence-electron chi connectivity index (χ1n) is 9.89. The molecule has 1 aromatic heterocycles. The van der Waals surface area contributed by atoms with Crippen LogP contribution in [-0.2, 0) is 15.7 Å². The van der Waals surface area contributed by atoms with Crippen molar-refractivity contribution in [1.82, 2.24) is 20.4 Å². The molecule has 7 heteroatoms. The Morgan fingerprint density at radius 3 is 2.30 bits per heavy atom. The molecule has 27 heavy (non-hydrogen) atoms. The molecule has 1 aliphatic carbocycles. The lowest BCUT2D eigenvalue weighted by Crippen LogP contribution is -2.41. The van der Waals surface area contributed by atoms with Gasteiger partial charge in [0.25, 0.3) is 0 Å². The maximum absolute atomic E-state index is 12.3. The van der Waals surface area contributed by atoms with Gasteiger partial charge in [-0.1, -0.05) is 33.6 Å². The molecular weight excluding hydrogens is 342 g/mol. The van der Waals surface area contributed by atoms with Gasteiger partial charge in [0, 0.05) is 18.0 Å². The van der Waals surface area contributed by atoms with Crippen molar-refractivity contribution in [2.24, 2.45) is 5.92 Å². The van der Waals surface area contributed by atoms with Gasteiger partial charge in [-0.25, -0.2) is 9.48 Å². The van der Waals surface area contributed by atoms with E-state index in [4.69, 9.17) is 0 Å². The Morgan fingerprint density at radius 1 is 1.11 bits per heavy atom. The Hall–Kier alpha value is -2.05. The number of hydrogen-bond donors (Lipinski definition) is 3. The van der Waals surface area contributed by atoms with E-state index in [1.165, 1.54) is 25.7 Å². The molecule has 1 heterocycles. The Kier molecular flexibility index (Phi) is 6.54. The van der Waals surface area contributed by atoms with Gasteiger partial charge in [0.2, 0.25) is 5.91 Å². The third-order valence-corrected chi connectivity index (χ3v) is 4.82. The summed E-state index contributed by atoms with van der Waals surface area (Å²) in [4.78, 5) is 24.2. The second-order valence-corrected chi connectivity index (χ2v) is 9.51. The van der Waals surface area contributed by atoms with Crippen molar-refractivity contribution >= 4 is 17.8 Å². The summed E-state index contributed by atoms with van der Waals surface area (Å²) in [5, 5.41) is 13.0. The van der Waals surface area contributed by atoms with E-state index in [1.807, 2.05) is 31.5 Å². The molecule has 0 atom stereocenters. The SMILES string of the molecule is CC(C)(C)c1cc(NC(=O)CNC(=O)NCC2CCCC2)n(C(C)(C)C)n1. The normalized spacial score (nSPS) is 15.6. The van der Waals surface area contributed by atoms with E-state index in [9.17, 15) is 9.59 Å². The van der Waals surface area contributed by atoms with E-state index in [0.29, 0.717) is 18.3 Å². The first-order chi connectivity index (χ1) is 12.5. The predicted octanol–water partition coefficient (Wildman–Crippen LogP) is 3.36. The quantitative estimate of drug-likeness (QED) is 0.735. The molecule has 3 N–H and O–H groups in total. The fraction of sp³-hybridized carbons (Fsp3) is 0.750. The number of anilines is 1. The van der Waals surface area contributed by atoms with Crippen LogP contribution in [0.3, 0.4) is 0 Å². The smallest absolute Gasteiger partial charge is 0.315 e. The van der Waals surface area contributed by atoms with E-state index in [0.717, 1.165) is 5.69 Å². The average Bonchev–Trinajstić information content (AvgIpc) is 3.19. The summed E-state index contributed by atoms with van der Waals surface area (Å²) in [5.74, 6) is 0.948. The molecule has 1 aliphatic rings. The van der Waals surface area contributed by atoms with Crippen LogP contribution in [0.1, 0.15) is 72.9 Å². The fourth-order valence-corrected chi connectivity index (χ4v) is 3.21. The Labute approximate surface area is 162 Å². The third-order valence-electron chi connectivity index (χ3n) is 4.82. The number of carbonyl (C=O) groups excluding carboxylic acids is 2. The minimum atomic E-state index is -0.295. The van der Waals surface area contributed by atoms with Crippen LogP contribution in [-0.4, -0.2) is 34.8 Å². The molecular formula is C20H35N5O2. The molecule has 1 aromatic rings. The van der Waals surface area contributed by atoms with Crippen LogP contribution in [0.5, 0.6) is 0 Å². The molecule has 0 saturated heterocycles. The highest BCUT2D eigenvalue weighted by atomic mass is 16.2. The van der Waals surface area contributed by atoms with Crippen LogP contribution in [0.25, 0.3) is 0 Å². The van der Waals surface area contributed by atoms with Crippen molar-refractivity contribution < 1.29 is 9.59 Å². The molecule has 0 aliphatic heterocycles. The van der Waals surface area contributed by atoms with Gasteiger partial charge in [0.15, 0.2) is 0 Å².